The Morgan fingerprint density at radius 2 is 1.85 bits per heavy atom. The number of rotatable bonds is 10. The Kier molecular flexibility index (Phi) is 7.95. The van der Waals surface area contributed by atoms with Gasteiger partial charge in [0.25, 0.3) is 11.7 Å². The molecule has 8 nitrogen and oxygen atoms in total. The fourth-order valence-corrected chi connectivity index (χ4v) is 3.86. The van der Waals surface area contributed by atoms with Gasteiger partial charge in [-0.25, -0.2) is 0 Å². The molecule has 1 atom stereocenters. The molecule has 1 fully saturated rings. The van der Waals surface area contributed by atoms with Gasteiger partial charge in [0.1, 0.15) is 29.6 Å². The number of benzene rings is 2. The van der Waals surface area contributed by atoms with Crippen LogP contribution in [-0.2, 0) is 9.59 Å². The van der Waals surface area contributed by atoms with Crippen LogP contribution in [-0.4, -0.2) is 60.8 Å². The number of aliphatic hydroxyl groups excluding tert-OH is 2. The van der Waals surface area contributed by atoms with Gasteiger partial charge in [-0.15, -0.1) is 0 Å². The van der Waals surface area contributed by atoms with Gasteiger partial charge in [-0.3, -0.25) is 9.59 Å². The maximum atomic E-state index is 13.1. The zero-order valence-electron chi connectivity index (χ0n) is 19.0. The van der Waals surface area contributed by atoms with Gasteiger partial charge in [-0.2, -0.15) is 0 Å². The van der Waals surface area contributed by atoms with Crippen molar-refractivity contribution in [3.05, 3.63) is 59.2 Å². The van der Waals surface area contributed by atoms with Crippen LogP contribution in [0, 0.1) is 0 Å². The van der Waals surface area contributed by atoms with Gasteiger partial charge in [0, 0.05) is 12.6 Å². The number of carbonyl (C=O) groups is 2. The summed E-state index contributed by atoms with van der Waals surface area (Å²) in [5.74, 6) is -0.414. The van der Waals surface area contributed by atoms with E-state index >= 15 is 0 Å². The van der Waals surface area contributed by atoms with Gasteiger partial charge >= 0.3 is 0 Å². The fourth-order valence-electron chi connectivity index (χ4n) is 3.86. The lowest BCUT2D eigenvalue weighted by Gasteiger charge is -2.25. The van der Waals surface area contributed by atoms with Gasteiger partial charge in [-0.1, -0.05) is 25.5 Å². The van der Waals surface area contributed by atoms with Crippen LogP contribution in [0.3, 0.4) is 0 Å². The third kappa shape index (κ3) is 4.96. The molecule has 0 saturated carbocycles. The first-order chi connectivity index (χ1) is 16.0. The topological polar surface area (TPSA) is 106 Å². The van der Waals surface area contributed by atoms with Gasteiger partial charge in [0.15, 0.2) is 0 Å². The zero-order chi connectivity index (χ0) is 24.0. The van der Waals surface area contributed by atoms with E-state index in [9.17, 15) is 14.7 Å². The van der Waals surface area contributed by atoms with Crippen molar-refractivity contribution in [1.82, 2.24) is 4.90 Å². The number of Topliss-reactive ketones (excluding diaryl/α,β-unsaturated/α-hetero) is 1. The summed E-state index contributed by atoms with van der Waals surface area (Å²) in [7, 11) is 2.96. The van der Waals surface area contributed by atoms with Crippen LogP contribution in [0.25, 0.3) is 5.76 Å². The molecular formula is C25H29NO7. The summed E-state index contributed by atoms with van der Waals surface area (Å²) in [6, 6.07) is 11.0. The molecule has 0 bridgehead atoms. The molecule has 2 N–H and O–H groups in total. The second-order valence-electron chi connectivity index (χ2n) is 7.56. The molecule has 1 amide bonds. The number of hydrogen-bond acceptors (Lipinski definition) is 7. The third-order valence-corrected chi connectivity index (χ3v) is 5.49. The van der Waals surface area contributed by atoms with E-state index in [1.807, 2.05) is 6.92 Å². The van der Waals surface area contributed by atoms with Crippen LogP contribution in [0.2, 0.25) is 0 Å². The number of likely N-dealkylation sites (tertiary alicyclic amines) is 1. The quantitative estimate of drug-likeness (QED) is 0.322. The maximum absolute atomic E-state index is 13.1. The molecule has 8 heteroatoms. The van der Waals surface area contributed by atoms with Crippen molar-refractivity contribution in [2.45, 2.75) is 25.8 Å². The number of nitrogens with zero attached hydrogens (tertiary/aromatic N) is 1. The number of carbonyl (C=O) groups excluding carboxylic acids is 2. The SMILES string of the molecule is CCCCN1C(=O)C(=O)/C(=C(\O)c2ccc(OC)cc2OC)C1c1cccc(OCCO)c1. The molecule has 0 aliphatic carbocycles. The van der Waals surface area contributed by atoms with Gasteiger partial charge in [0.2, 0.25) is 0 Å². The van der Waals surface area contributed by atoms with Crippen LogP contribution >= 0.6 is 0 Å². The molecule has 3 rings (SSSR count). The van der Waals surface area contributed by atoms with E-state index in [0.717, 1.165) is 6.42 Å². The minimum absolute atomic E-state index is 0.0149. The number of hydrogen-bond donors (Lipinski definition) is 2. The number of unbranched alkanes of at least 4 members (excludes halogenated alkanes) is 1. The molecule has 1 aliphatic rings. The minimum atomic E-state index is -0.791. The third-order valence-electron chi connectivity index (χ3n) is 5.49. The number of ketones is 1. The van der Waals surface area contributed by atoms with Crippen molar-refractivity contribution >= 4 is 17.4 Å². The van der Waals surface area contributed by atoms with Crippen molar-refractivity contribution in [3.8, 4) is 17.2 Å². The van der Waals surface area contributed by atoms with E-state index in [2.05, 4.69) is 0 Å². The van der Waals surface area contributed by atoms with Gasteiger partial charge < -0.3 is 29.3 Å². The lowest BCUT2D eigenvalue weighted by atomic mass is 9.94. The summed E-state index contributed by atoms with van der Waals surface area (Å²) < 4.78 is 16.1. The van der Waals surface area contributed by atoms with Crippen molar-refractivity contribution in [1.29, 1.82) is 0 Å². The molecule has 1 unspecified atom stereocenters. The summed E-state index contributed by atoms with van der Waals surface area (Å²) in [6.07, 6.45) is 1.54. The van der Waals surface area contributed by atoms with Gasteiger partial charge in [-0.05, 0) is 36.2 Å². The minimum Gasteiger partial charge on any atom is -0.507 e. The summed E-state index contributed by atoms with van der Waals surface area (Å²) in [5, 5.41) is 20.3. The molecule has 1 saturated heterocycles. The molecule has 0 radical (unpaired) electrons. The fraction of sp³-hybridized carbons (Fsp3) is 0.360. The van der Waals surface area contributed by atoms with Crippen molar-refractivity contribution in [3.63, 3.8) is 0 Å². The molecule has 1 heterocycles. The highest BCUT2D eigenvalue weighted by Crippen LogP contribution is 2.42. The van der Waals surface area contributed by atoms with Crippen molar-refractivity contribution < 1.29 is 34.0 Å². The van der Waals surface area contributed by atoms with Crippen LogP contribution in [0.5, 0.6) is 17.2 Å². The van der Waals surface area contributed by atoms with E-state index in [1.54, 1.807) is 42.5 Å². The molecule has 2 aromatic rings. The average Bonchev–Trinajstić information content (AvgIpc) is 3.10. The van der Waals surface area contributed by atoms with E-state index in [-0.39, 0.29) is 30.1 Å². The first-order valence-electron chi connectivity index (χ1n) is 10.8. The van der Waals surface area contributed by atoms with Crippen LogP contribution in [0.1, 0.15) is 36.9 Å². The summed E-state index contributed by atoms with van der Waals surface area (Å²) in [4.78, 5) is 27.6. The number of aliphatic hydroxyl groups is 2. The van der Waals surface area contributed by atoms with Crippen LogP contribution in [0.4, 0.5) is 0 Å². The van der Waals surface area contributed by atoms with Crippen LogP contribution < -0.4 is 14.2 Å². The highest BCUT2D eigenvalue weighted by atomic mass is 16.5. The number of amides is 1. The lowest BCUT2D eigenvalue weighted by molar-refractivity contribution is -0.139. The maximum Gasteiger partial charge on any atom is 0.295 e. The molecule has 0 aromatic heterocycles. The molecule has 0 spiro atoms. The molecule has 176 valence electrons. The summed E-state index contributed by atoms with van der Waals surface area (Å²) >= 11 is 0. The highest BCUT2D eigenvalue weighted by Gasteiger charge is 2.46. The predicted octanol–water partition coefficient (Wildman–Crippen LogP) is 3.30. The van der Waals surface area contributed by atoms with Gasteiger partial charge in [0.05, 0.1) is 38.0 Å². The monoisotopic (exact) mass is 455 g/mol. The Hall–Kier alpha value is -3.52. The molecule has 1 aliphatic heterocycles. The van der Waals surface area contributed by atoms with E-state index < -0.39 is 17.7 Å². The molecular weight excluding hydrogens is 426 g/mol. The largest absolute Gasteiger partial charge is 0.507 e. The van der Waals surface area contributed by atoms with E-state index in [1.165, 1.54) is 19.1 Å². The second-order valence-corrected chi connectivity index (χ2v) is 7.56. The normalized spacial score (nSPS) is 17.3. The first kappa shape index (κ1) is 24.1. The number of methoxy groups -OCH3 is 2. The molecule has 33 heavy (non-hydrogen) atoms. The van der Waals surface area contributed by atoms with E-state index in [4.69, 9.17) is 19.3 Å². The standard InChI is InChI=1S/C25H29NO7/c1-4-5-11-26-22(16-7-6-8-18(14-16)33-13-12-27)21(24(29)25(26)30)23(28)19-10-9-17(31-2)15-20(19)32-3/h6-10,14-15,22,27-28H,4-5,11-13H2,1-3H3/b23-21-. The van der Waals surface area contributed by atoms with Crippen molar-refractivity contribution in [2.24, 2.45) is 0 Å². The van der Waals surface area contributed by atoms with E-state index in [0.29, 0.717) is 35.8 Å². The van der Waals surface area contributed by atoms with Crippen molar-refractivity contribution in [2.75, 3.05) is 34.0 Å². The first-order valence-corrected chi connectivity index (χ1v) is 10.8. The second kappa shape index (κ2) is 10.9. The Morgan fingerprint density at radius 1 is 1.06 bits per heavy atom. The number of ether oxygens (including phenoxy) is 3. The summed E-state index contributed by atoms with van der Waals surface area (Å²) in [5.41, 5.74) is 0.887. The predicted molar refractivity (Wildman–Crippen MR) is 122 cm³/mol. The molecule has 2 aromatic carbocycles. The van der Waals surface area contributed by atoms with Crippen LogP contribution in [0.15, 0.2) is 48.0 Å². The summed E-state index contributed by atoms with van der Waals surface area (Å²) in [6.45, 7) is 2.33. The Morgan fingerprint density at radius 3 is 2.52 bits per heavy atom. The Labute approximate surface area is 193 Å². The smallest absolute Gasteiger partial charge is 0.295 e. The lowest BCUT2D eigenvalue weighted by Crippen LogP contribution is -2.30. The average molecular weight is 456 g/mol. The highest BCUT2D eigenvalue weighted by molar-refractivity contribution is 6.46. The Bertz CT molecular complexity index is 1050. The zero-order valence-corrected chi connectivity index (χ0v) is 19.0. The Balaban J connectivity index is 2.17.